The fourth-order valence-corrected chi connectivity index (χ4v) is 1.99. The molecule has 1 aromatic rings. The van der Waals surface area contributed by atoms with Gasteiger partial charge in [0.05, 0.1) is 6.61 Å². The van der Waals surface area contributed by atoms with Gasteiger partial charge in [-0.3, -0.25) is 0 Å². The summed E-state index contributed by atoms with van der Waals surface area (Å²) in [5, 5.41) is 21.7. The van der Waals surface area contributed by atoms with Crippen molar-refractivity contribution in [1.29, 1.82) is 5.26 Å². The summed E-state index contributed by atoms with van der Waals surface area (Å²) >= 11 is 0. The molecule has 0 saturated carbocycles. The Morgan fingerprint density at radius 3 is 2.84 bits per heavy atom. The Morgan fingerprint density at radius 2 is 2.21 bits per heavy atom. The fraction of sp³-hybridized carbons (Fsp3) is 0.500. The lowest BCUT2D eigenvalue weighted by Gasteiger charge is -2.20. The Kier molecular flexibility index (Phi) is 4.74. The van der Waals surface area contributed by atoms with Crippen LogP contribution in [0.4, 0.5) is 0 Å². The largest absolute Gasteiger partial charge is 0.479 e. The van der Waals surface area contributed by atoms with Gasteiger partial charge in [-0.05, 0) is 17.7 Å². The van der Waals surface area contributed by atoms with Gasteiger partial charge in [0.1, 0.15) is 17.4 Å². The second-order valence-electron chi connectivity index (χ2n) is 4.72. The van der Waals surface area contributed by atoms with Crippen molar-refractivity contribution >= 4 is 0 Å². The number of hydrogen-bond donors (Lipinski definition) is 2. The van der Waals surface area contributed by atoms with E-state index in [0.29, 0.717) is 38.5 Å². The quantitative estimate of drug-likeness (QED) is 0.794. The van der Waals surface area contributed by atoms with Crippen LogP contribution in [0.3, 0.4) is 0 Å². The first-order chi connectivity index (χ1) is 9.22. The molecule has 19 heavy (non-hydrogen) atoms. The van der Waals surface area contributed by atoms with Crippen LogP contribution in [0.5, 0.6) is 5.75 Å². The van der Waals surface area contributed by atoms with Crippen LogP contribution in [0.15, 0.2) is 24.3 Å². The lowest BCUT2D eigenvalue weighted by atomic mass is 10.0. The van der Waals surface area contributed by atoms with Crippen LogP contribution in [-0.2, 0) is 11.3 Å². The summed E-state index contributed by atoms with van der Waals surface area (Å²) in [5.74, 6) is 0.688. The van der Waals surface area contributed by atoms with Crippen molar-refractivity contribution in [2.24, 2.45) is 0 Å². The molecule has 0 aliphatic carbocycles. The first kappa shape index (κ1) is 13.8. The van der Waals surface area contributed by atoms with E-state index in [1.165, 1.54) is 0 Å². The van der Waals surface area contributed by atoms with E-state index >= 15 is 0 Å². The smallest absolute Gasteiger partial charge is 0.174 e. The Hall–Kier alpha value is -1.61. The van der Waals surface area contributed by atoms with Gasteiger partial charge in [0.2, 0.25) is 0 Å². The van der Waals surface area contributed by atoms with Gasteiger partial charge in [0.25, 0.3) is 0 Å². The minimum atomic E-state index is -0.726. The molecule has 5 nitrogen and oxygen atoms in total. The number of aliphatic hydroxyl groups is 1. The molecule has 1 heterocycles. The van der Waals surface area contributed by atoms with E-state index < -0.39 is 5.60 Å². The van der Waals surface area contributed by atoms with Gasteiger partial charge in [0.15, 0.2) is 6.61 Å². The molecule has 0 spiro atoms. The van der Waals surface area contributed by atoms with Crippen LogP contribution in [0.25, 0.3) is 0 Å². The molecular formula is C14H18N2O3. The van der Waals surface area contributed by atoms with E-state index in [0.717, 1.165) is 5.56 Å². The van der Waals surface area contributed by atoms with Crippen LogP contribution < -0.4 is 10.1 Å². The van der Waals surface area contributed by atoms with Crippen LogP contribution in [0.1, 0.15) is 12.0 Å². The summed E-state index contributed by atoms with van der Waals surface area (Å²) in [7, 11) is 0. The predicted octanol–water partition coefficient (Wildman–Crippen LogP) is 0.830. The molecule has 102 valence electrons. The molecule has 0 radical (unpaired) electrons. The van der Waals surface area contributed by atoms with Crippen LogP contribution >= 0.6 is 0 Å². The van der Waals surface area contributed by atoms with Gasteiger partial charge in [-0.15, -0.1) is 0 Å². The van der Waals surface area contributed by atoms with E-state index in [2.05, 4.69) is 5.32 Å². The zero-order valence-corrected chi connectivity index (χ0v) is 10.8. The van der Waals surface area contributed by atoms with Crippen molar-refractivity contribution < 1.29 is 14.6 Å². The molecule has 1 atom stereocenters. The highest BCUT2D eigenvalue weighted by Gasteiger charge is 2.31. The van der Waals surface area contributed by atoms with Gasteiger partial charge in [-0.1, -0.05) is 12.1 Å². The summed E-state index contributed by atoms with van der Waals surface area (Å²) in [6.45, 7) is 2.30. The maximum absolute atomic E-state index is 10.1. The molecular weight excluding hydrogens is 244 g/mol. The van der Waals surface area contributed by atoms with Crippen molar-refractivity contribution in [3.05, 3.63) is 29.8 Å². The minimum absolute atomic E-state index is 0.0601. The maximum atomic E-state index is 10.1. The highest BCUT2D eigenvalue weighted by Crippen LogP contribution is 2.17. The van der Waals surface area contributed by atoms with Crippen molar-refractivity contribution in [1.82, 2.24) is 5.32 Å². The number of hydrogen-bond acceptors (Lipinski definition) is 5. The summed E-state index contributed by atoms with van der Waals surface area (Å²) in [6, 6.07) is 9.48. The molecule has 1 aliphatic rings. The third-order valence-electron chi connectivity index (χ3n) is 3.09. The van der Waals surface area contributed by atoms with Crippen molar-refractivity contribution in [3.63, 3.8) is 0 Å². The van der Waals surface area contributed by atoms with Crippen LogP contribution in [-0.4, -0.2) is 37.1 Å². The third kappa shape index (κ3) is 4.21. The molecule has 1 saturated heterocycles. The van der Waals surface area contributed by atoms with Gasteiger partial charge in [-0.25, -0.2) is 0 Å². The van der Waals surface area contributed by atoms with Crippen molar-refractivity contribution in [3.8, 4) is 11.8 Å². The predicted molar refractivity (Wildman–Crippen MR) is 69.6 cm³/mol. The Labute approximate surface area is 112 Å². The van der Waals surface area contributed by atoms with Crippen molar-refractivity contribution in [2.45, 2.75) is 18.6 Å². The maximum Gasteiger partial charge on any atom is 0.174 e. The Balaban J connectivity index is 1.75. The average Bonchev–Trinajstić information content (AvgIpc) is 2.85. The molecule has 1 unspecified atom stereocenters. The van der Waals surface area contributed by atoms with E-state index in [-0.39, 0.29) is 6.61 Å². The lowest BCUT2D eigenvalue weighted by Crippen LogP contribution is -2.40. The number of nitrogens with zero attached hydrogens (tertiary/aromatic N) is 1. The summed E-state index contributed by atoms with van der Waals surface area (Å²) in [6.07, 6.45) is 0.681. The molecule has 1 fully saturated rings. The molecule has 5 heteroatoms. The molecule has 0 amide bonds. The first-order valence-corrected chi connectivity index (χ1v) is 6.31. The minimum Gasteiger partial charge on any atom is -0.479 e. The molecule has 1 aliphatic heterocycles. The van der Waals surface area contributed by atoms with Gasteiger partial charge >= 0.3 is 0 Å². The zero-order chi connectivity index (χ0) is 13.6. The number of nitrogens with one attached hydrogen (secondary N) is 1. The van der Waals surface area contributed by atoms with Gasteiger partial charge < -0.3 is 19.9 Å². The Bertz CT molecular complexity index is 433. The number of rotatable bonds is 6. The van der Waals surface area contributed by atoms with E-state index in [9.17, 15) is 5.11 Å². The normalized spacial score (nSPS) is 22.1. The van der Waals surface area contributed by atoms with Gasteiger partial charge in [0, 0.05) is 26.1 Å². The number of benzene rings is 1. The molecule has 0 aromatic heterocycles. The lowest BCUT2D eigenvalue weighted by molar-refractivity contribution is 0.0268. The number of nitriles is 1. The molecule has 1 aromatic carbocycles. The fourth-order valence-electron chi connectivity index (χ4n) is 1.99. The summed E-state index contributed by atoms with van der Waals surface area (Å²) < 4.78 is 10.4. The third-order valence-corrected chi connectivity index (χ3v) is 3.09. The highest BCUT2D eigenvalue weighted by molar-refractivity contribution is 5.27. The number of ether oxygens (including phenoxy) is 2. The van der Waals surface area contributed by atoms with Gasteiger partial charge in [-0.2, -0.15) is 5.26 Å². The molecule has 2 N–H and O–H groups in total. The SMILES string of the molecule is N#CCOc1ccc(CNCC2(O)CCOC2)cc1. The van der Waals surface area contributed by atoms with Crippen LogP contribution in [0.2, 0.25) is 0 Å². The van der Waals surface area contributed by atoms with E-state index in [4.69, 9.17) is 14.7 Å². The molecule has 0 bridgehead atoms. The van der Waals surface area contributed by atoms with Crippen molar-refractivity contribution in [2.75, 3.05) is 26.4 Å². The van der Waals surface area contributed by atoms with E-state index in [1.807, 2.05) is 30.3 Å². The van der Waals surface area contributed by atoms with E-state index in [1.54, 1.807) is 0 Å². The first-order valence-electron chi connectivity index (χ1n) is 6.31. The summed E-state index contributed by atoms with van der Waals surface area (Å²) in [5.41, 5.74) is 0.377. The average molecular weight is 262 g/mol. The topological polar surface area (TPSA) is 74.5 Å². The molecule has 2 rings (SSSR count). The Morgan fingerprint density at radius 1 is 1.42 bits per heavy atom. The second kappa shape index (κ2) is 6.53. The zero-order valence-electron chi connectivity index (χ0n) is 10.8. The second-order valence-corrected chi connectivity index (χ2v) is 4.72. The van der Waals surface area contributed by atoms with Crippen LogP contribution in [0, 0.1) is 11.3 Å². The highest BCUT2D eigenvalue weighted by atomic mass is 16.5. The monoisotopic (exact) mass is 262 g/mol. The summed E-state index contributed by atoms with van der Waals surface area (Å²) in [4.78, 5) is 0. The standard InChI is InChI=1S/C14H18N2O3/c15-6-8-19-13-3-1-12(2-4-13)9-16-10-14(17)5-7-18-11-14/h1-4,16-17H,5,7-11H2.